The van der Waals surface area contributed by atoms with E-state index in [1.54, 1.807) is 0 Å². The maximum atomic E-state index is 4.63. The maximum absolute atomic E-state index is 4.63. The van der Waals surface area contributed by atoms with Crippen molar-refractivity contribution in [1.29, 1.82) is 0 Å². The first-order chi connectivity index (χ1) is 11.8. The van der Waals surface area contributed by atoms with Crippen LogP contribution in [-0.4, -0.2) is 34.0 Å². The number of rotatable bonds is 4. The number of fused-ring (bicyclic) bond motifs is 1. The Hall–Kier alpha value is -2.33. The summed E-state index contributed by atoms with van der Waals surface area (Å²) in [6, 6.07) is 19.9. The van der Waals surface area contributed by atoms with Gasteiger partial charge in [-0.15, -0.1) is 0 Å². The summed E-state index contributed by atoms with van der Waals surface area (Å²) in [5, 5.41) is 3.58. The smallest absolute Gasteiger partial charge is 0.201 e. The number of hydrogen-bond acceptors (Lipinski definition) is 3. The Morgan fingerprint density at radius 1 is 1.04 bits per heavy atom. The van der Waals surface area contributed by atoms with Crippen molar-refractivity contribution in [2.75, 3.05) is 18.4 Å². The molecule has 0 spiro atoms. The highest BCUT2D eigenvalue weighted by molar-refractivity contribution is 5.77. The van der Waals surface area contributed by atoms with E-state index < -0.39 is 0 Å². The lowest BCUT2D eigenvalue weighted by Crippen LogP contribution is -2.40. The molecule has 4 nitrogen and oxygen atoms in total. The lowest BCUT2D eigenvalue weighted by Gasteiger charge is -2.36. The standard InChI is InChI=1S/C20H24N4/c1-15(16-7-3-2-4-8-16)24-13-11-17(12-14-24)21-20-22-18-9-5-6-10-19(18)23-20/h2-10,15,17H,11-14H2,1H3,(H2,21,22,23). The number of piperidine rings is 1. The molecule has 1 aromatic heterocycles. The van der Waals surface area contributed by atoms with E-state index in [1.807, 2.05) is 18.2 Å². The van der Waals surface area contributed by atoms with E-state index >= 15 is 0 Å². The molecule has 1 fully saturated rings. The van der Waals surface area contributed by atoms with Crippen molar-refractivity contribution in [3.8, 4) is 0 Å². The summed E-state index contributed by atoms with van der Waals surface area (Å²) >= 11 is 0. The van der Waals surface area contributed by atoms with E-state index in [9.17, 15) is 0 Å². The molecule has 2 aromatic carbocycles. The zero-order chi connectivity index (χ0) is 16.4. The molecule has 2 heterocycles. The maximum Gasteiger partial charge on any atom is 0.201 e. The fourth-order valence-electron chi connectivity index (χ4n) is 3.59. The second-order valence-electron chi connectivity index (χ2n) is 6.64. The molecule has 124 valence electrons. The minimum absolute atomic E-state index is 0.485. The Morgan fingerprint density at radius 2 is 1.75 bits per heavy atom. The van der Waals surface area contributed by atoms with Crippen molar-refractivity contribution in [3.05, 3.63) is 60.2 Å². The van der Waals surface area contributed by atoms with E-state index in [-0.39, 0.29) is 0 Å². The fourth-order valence-corrected chi connectivity index (χ4v) is 3.59. The van der Waals surface area contributed by atoms with E-state index in [0.717, 1.165) is 42.9 Å². The van der Waals surface area contributed by atoms with E-state index in [4.69, 9.17) is 0 Å². The van der Waals surface area contributed by atoms with Crippen LogP contribution in [0.25, 0.3) is 11.0 Å². The highest BCUT2D eigenvalue weighted by Crippen LogP contribution is 2.25. The molecular formula is C20H24N4. The van der Waals surface area contributed by atoms with E-state index in [1.165, 1.54) is 5.56 Å². The molecule has 1 saturated heterocycles. The summed E-state index contributed by atoms with van der Waals surface area (Å²) in [7, 11) is 0. The molecule has 1 aliphatic rings. The summed E-state index contributed by atoms with van der Waals surface area (Å²) in [4.78, 5) is 10.6. The van der Waals surface area contributed by atoms with Gasteiger partial charge in [-0.25, -0.2) is 4.98 Å². The van der Waals surface area contributed by atoms with Gasteiger partial charge in [-0.2, -0.15) is 0 Å². The van der Waals surface area contributed by atoms with Gasteiger partial charge in [0.05, 0.1) is 11.0 Å². The SMILES string of the molecule is CC(c1ccccc1)N1CCC(Nc2nc3ccccc3[nH]2)CC1. The Kier molecular flexibility index (Phi) is 4.22. The Morgan fingerprint density at radius 3 is 2.50 bits per heavy atom. The van der Waals surface area contributed by atoms with Gasteiger partial charge in [0.25, 0.3) is 0 Å². The lowest BCUT2D eigenvalue weighted by molar-refractivity contribution is 0.167. The molecule has 24 heavy (non-hydrogen) atoms. The monoisotopic (exact) mass is 320 g/mol. The molecule has 0 bridgehead atoms. The van der Waals surface area contributed by atoms with Crippen LogP contribution in [0.15, 0.2) is 54.6 Å². The highest BCUT2D eigenvalue weighted by Gasteiger charge is 2.23. The van der Waals surface area contributed by atoms with Gasteiger partial charge in [0.2, 0.25) is 5.95 Å². The Labute approximate surface area is 142 Å². The van der Waals surface area contributed by atoms with Crippen LogP contribution in [0.1, 0.15) is 31.4 Å². The predicted molar refractivity (Wildman–Crippen MR) is 99.2 cm³/mol. The van der Waals surface area contributed by atoms with Crippen LogP contribution in [-0.2, 0) is 0 Å². The number of para-hydroxylation sites is 2. The number of nitrogens with one attached hydrogen (secondary N) is 2. The van der Waals surface area contributed by atoms with Gasteiger partial charge in [-0.05, 0) is 37.5 Å². The fraction of sp³-hybridized carbons (Fsp3) is 0.350. The lowest BCUT2D eigenvalue weighted by atomic mass is 10.0. The van der Waals surface area contributed by atoms with E-state index in [2.05, 4.69) is 63.5 Å². The predicted octanol–water partition coefficient (Wildman–Crippen LogP) is 4.20. The molecule has 0 saturated carbocycles. The van der Waals surface area contributed by atoms with Gasteiger partial charge in [-0.3, -0.25) is 4.90 Å². The molecule has 2 N–H and O–H groups in total. The normalized spacial score (nSPS) is 17.9. The second kappa shape index (κ2) is 6.65. The third-order valence-corrected chi connectivity index (χ3v) is 5.09. The molecule has 1 aliphatic heterocycles. The molecule has 3 aromatic rings. The van der Waals surface area contributed by atoms with E-state index in [0.29, 0.717) is 12.1 Å². The van der Waals surface area contributed by atoms with Crippen molar-refractivity contribution in [2.24, 2.45) is 0 Å². The summed E-state index contributed by atoms with van der Waals surface area (Å²) < 4.78 is 0. The van der Waals surface area contributed by atoms with Gasteiger partial charge in [-0.1, -0.05) is 42.5 Å². The average Bonchev–Trinajstić information content (AvgIpc) is 3.05. The van der Waals surface area contributed by atoms with Gasteiger partial charge in [0, 0.05) is 25.2 Å². The van der Waals surface area contributed by atoms with Crippen molar-refractivity contribution in [2.45, 2.75) is 31.8 Å². The van der Waals surface area contributed by atoms with Crippen molar-refractivity contribution in [1.82, 2.24) is 14.9 Å². The van der Waals surface area contributed by atoms with Crippen LogP contribution in [0.5, 0.6) is 0 Å². The minimum atomic E-state index is 0.485. The number of aromatic amines is 1. The van der Waals surface area contributed by atoms with Gasteiger partial charge >= 0.3 is 0 Å². The second-order valence-corrected chi connectivity index (χ2v) is 6.64. The summed E-state index contributed by atoms with van der Waals surface area (Å²) in [6.45, 7) is 4.55. The molecule has 0 amide bonds. The zero-order valence-electron chi connectivity index (χ0n) is 14.1. The molecule has 1 atom stereocenters. The number of likely N-dealkylation sites (tertiary alicyclic amines) is 1. The number of benzene rings is 2. The molecule has 1 unspecified atom stereocenters. The first-order valence-corrected chi connectivity index (χ1v) is 8.80. The van der Waals surface area contributed by atoms with Crippen LogP contribution >= 0.6 is 0 Å². The van der Waals surface area contributed by atoms with Crippen molar-refractivity contribution < 1.29 is 0 Å². The highest BCUT2D eigenvalue weighted by atomic mass is 15.2. The van der Waals surface area contributed by atoms with Crippen molar-refractivity contribution in [3.63, 3.8) is 0 Å². The average molecular weight is 320 g/mol. The number of H-pyrrole nitrogens is 1. The summed E-state index contributed by atoms with van der Waals surface area (Å²) in [6.07, 6.45) is 2.29. The number of nitrogens with zero attached hydrogens (tertiary/aromatic N) is 2. The third-order valence-electron chi connectivity index (χ3n) is 5.09. The van der Waals surface area contributed by atoms with Crippen LogP contribution in [0.2, 0.25) is 0 Å². The van der Waals surface area contributed by atoms with Crippen LogP contribution in [0.4, 0.5) is 5.95 Å². The number of imidazole rings is 1. The Bertz CT molecular complexity index is 755. The third kappa shape index (κ3) is 3.15. The van der Waals surface area contributed by atoms with Crippen LogP contribution in [0.3, 0.4) is 0 Å². The first-order valence-electron chi connectivity index (χ1n) is 8.80. The minimum Gasteiger partial charge on any atom is -0.353 e. The molecule has 0 aliphatic carbocycles. The molecular weight excluding hydrogens is 296 g/mol. The topological polar surface area (TPSA) is 44.0 Å². The van der Waals surface area contributed by atoms with Gasteiger partial charge in [0.15, 0.2) is 0 Å². The first kappa shape index (κ1) is 15.2. The van der Waals surface area contributed by atoms with Gasteiger partial charge < -0.3 is 10.3 Å². The van der Waals surface area contributed by atoms with Crippen LogP contribution in [0, 0.1) is 0 Å². The number of anilines is 1. The largest absolute Gasteiger partial charge is 0.353 e. The molecule has 4 rings (SSSR count). The zero-order valence-corrected chi connectivity index (χ0v) is 14.1. The quantitative estimate of drug-likeness (QED) is 0.757. The Balaban J connectivity index is 1.36. The number of hydrogen-bond donors (Lipinski definition) is 2. The van der Waals surface area contributed by atoms with Gasteiger partial charge in [0.1, 0.15) is 0 Å². The molecule has 0 radical (unpaired) electrons. The summed E-state index contributed by atoms with van der Waals surface area (Å²) in [5.41, 5.74) is 3.52. The van der Waals surface area contributed by atoms with Crippen molar-refractivity contribution >= 4 is 17.0 Å². The van der Waals surface area contributed by atoms with Crippen LogP contribution < -0.4 is 5.32 Å². The summed E-state index contributed by atoms with van der Waals surface area (Å²) in [5.74, 6) is 0.894. The number of aromatic nitrogens is 2. The molecule has 4 heteroatoms.